The van der Waals surface area contributed by atoms with Gasteiger partial charge < -0.3 is 19.3 Å². The standard InChI is InChI=1S/C29H30F3NO5.ClH/c1-19(15-20-9-11-23(12-10-20)38-18-27(35)36-2)33-13-14-37-26(17-33)28-24(7-4-8-25(28)34)21-5-3-6-22(16-21)29(30,31)32;/h3-12,16,19,26,34H,13-15,17-18H2,1-2H3;1H. The van der Waals surface area contributed by atoms with Crippen LogP contribution in [0.5, 0.6) is 11.5 Å². The van der Waals surface area contributed by atoms with Crippen molar-refractivity contribution in [2.75, 3.05) is 33.4 Å². The minimum absolute atomic E-state index is 0. The van der Waals surface area contributed by atoms with Gasteiger partial charge in [0, 0.05) is 24.7 Å². The van der Waals surface area contributed by atoms with Gasteiger partial charge in [-0.1, -0.05) is 36.4 Å². The third-order valence-electron chi connectivity index (χ3n) is 6.67. The van der Waals surface area contributed by atoms with Crippen LogP contribution in [0.2, 0.25) is 0 Å². The summed E-state index contributed by atoms with van der Waals surface area (Å²) < 4.78 is 56.0. The van der Waals surface area contributed by atoms with Crippen LogP contribution < -0.4 is 4.74 Å². The van der Waals surface area contributed by atoms with Gasteiger partial charge in [-0.15, -0.1) is 12.4 Å². The molecule has 2 atom stereocenters. The predicted molar refractivity (Wildman–Crippen MR) is 143 cm³/mol. The van der Waals surface area contributed by atoms with Crippen molar-refractivity contribution < 1.29 is 37.3 Å². The zero-order chi connectivity index (χ0) is 27.3. The Balaban J connectivity index is 0.00000420. The van der Waals surface area contributed by atoms with Crippen molar-refractivity contribution >= 4 is 18.4 Å². The number of benzene rings is 3. The molecule has 0 saturated carbocycles. The lowest BCUT2D eigenvalue weighted by atomic mass is 9.93. The first kappa shape index (κ1) is 30.3. The number of halogens is 4. The Hall–Kier alpha value is -3.27. The molecule has 1 N–H and O–H groups in total. The number of nitrogens with zero attached hydrogens (tertiary/aromatic N) is 1. The zero-order valence-electron chi connectivity index (χ0n) is 21.6. The zero-order valence-corrected chi connectivity index (χ0v) is 22.4. The fraction of sp³-hybridized carbons (Fsp3) is 0.345. The van der Waals surface area contributed by atoms with E-state index < -0.39 is 23.8 Å². The van der Waals surface area contributed by atoms with E-state index in [0.717, 1.165) is 24.1 Å². The van der Waals surface area contributed by atoms with Crippen LogP contribution in [0.15, 0.2) is 66.7 Å². The van der Waals surface area contributed by atoms with E-state index >= 15 is 0 Å². The fourth-order valence-electron chi connectivity index (χ4n) is 4.64. The highest BCUT2D eigenvalue weighted by Gasteiger charge is 2.32. The van der Waals surface area contributed by atoms with E-state index in [0.29, 0.717) is 42.1 Å². The summed E-state index contributed by atoms with van der Waals surface area (Å²) in [5.41, 5.74) is 1.70. The molecule has 210 valence electrons. The molecule has 2 unspecified atom stereocenters. The van der Waals surface area contributed by atoms with Crippen LogP contribution in [0.25, 0.3) is 11.1 Å². The van der Waals surface area contributed by atoms with Crippen LogP contribution in [-0.4, -0.2) is 55.4 Å². The quantitative estimate of drug-likeness (QED) is 0.335. The number of hydrogen-bond donors (Lipinski definition) is 1. The number of phenols is 1. The van der Waals surface area contributed by atoms with Crippen molar-refractivity contribution in [3.05, 3.63) is 83.4 Å². The summed E-state index contributed by atoms with van der Waals surface area (Å²) >= 11 is 0. The van der Waals surface area contributed by atoms with Crippen molar-refractivity contribution in [1.29, 1.82) is 0 Å². The highest BCUT2D eigenvalue weighted by molar-refractivity contribution is 5.85. The monoisotopic (exact) mass is 565 g/mol. The molecule has 0 aliphatic carbocycles. The van der Waals surface area contributed by atoms with Crippen LogP contribution in [-0.2, 0) is 26.9 Å². The molecule has 0 radical (unpaired) electrons. The van der Waals surface area contributed by atoms with Gasteiger partial charge in [-0.3, -0.25) is 4.90 Å². The van der Waals surface area contributed by atoms with E-state index in [2.05, 4.69) is 16.6 Å². The number of hydrogen-bond acceptors (Lipinski definition) is 6. The molecule has 0 bridgehead atoms. The second kappa shape index (κ2) is 13.2. The topological polar surface area (TPSA) is 68.2 Å². The number of morpholine rings is 1. The smallest absolute Gasteiger partial charge is 0.416 e. The van der Waals surface area contributed by atoms with Gasteiger partial charge in [0.25, 0.3) is 0 Å². The summed E-state index contributed by atoms with van der Waals surface area (Å²) in [4.78, 5) is 13.5. The number of rotatable bonds is 8. The van der Waals surface area contributed by atoms with E-state index in [4.69, 9.17) is 9.47 Å². The van der Waals surface area contributed by atoms with Gasteiger partial charge in [-0.25, -0.2) is 4.79 Å². The first-order chi connectivity index (χ1) is 18.2. The Bertz CT molecular complexity index is 1250. The molecule has 1 aliphatic heterocycles. The summed E-state index contributed by atoms with van der Waals surface area (Å²) in [6.07, 6.45) is -4.23. The predicted octanol–water partition coefficient (Wildman–Crippen LogP) is 6.06. The first-order valence-corrected chi connectivity index (χ1v) is 12.3. The van der Waals surface area contributed by atoms with Crippen molar-refractivity contribution in [2.45, 2.75) is 31.7 Å². The van der Waals surface area contributed by atoms with Crippen molar-refractivity contribution in [2.24, 2.45) is 0 Å². The number of esters is 1. The van der Waals surface area contributed by atoms with E-state index in [1.165, 1.54) is 19.2 Å². The number of phenolic OH excluding ortho intramolecular Hbond substituents is 1. The van der Waals surface area contributed by atoms with Gasteiger partial charge in [-0.2, -0.15) is 13.2 Å². The number of ether oxygens (including phenoxy) is 3. The Morgan fingerprint density at radius 2 is 1.85 bits per heavy atom. The maximum absolute atomic E-state index is 13.3. The Morgan fingerprint density at radius 1 is 1.13 bits per heavy atom. The van der Waals surface area contributed by atoms with Crippen molar-refractivity contribution in [3.8, 4) is 22.6 Å². The molecule has 10 heteroatoms. The lowest BCUT2D eigenvalue weighted by Crippen LogP contribution is -2.44. The van der Waals surface area contributed by atoms with Crippen LogP contribution in [0, 0.1) is 0 Å². The van der Waals surface area contributed by atoms with Crippen LogP contribution in [0.3, 0.4) is 0 Å². The third kappa shape index (κ3) is 7.65. The average molecular weight is 566 g/mol. The Labute approximate surface area is 231 Å². The Kier molecular flexibility index (Phi) is 10.2. The molecule has 6 nitrogen and oxygen atoms in total. The van der Waals surface area contributed by atoms with Gasteiger partial charge in [0.15, 0.2) is 6.61 Å². The molecular weight excluding hydrogens is 535 g/mol. The van der Waals surface area contributed by atoms with Crippen LogP contribution in [0.4, 0.5) is 13.2 Å². The second-order valence-electron chi connectivity index (χ2n) is 9.23. The lowest BCUT2D eigenvalue weighted by molar-refractivity contribution is -0.143. The van der Waals surface area contributed by atoms with Crippen molar-refractivity contribution in [3.63, 3.8) is 0 Å². The maximum Gasteiger partial charge on any atom is 0.416 e. The summed E-state index contributed by atoms with van der Waals surface area (Å²) in [5, 5.41) is 10.8. The minimum Gasteiger partial charge on any atom is -0.508 e. The minimum atomic E-state index is -4.47. The SMILES string of the molecule is COC(=O)COc1ccc(CC(C)N2CCOC(c3c(O)cccc3-c3cccc(C(F)(F)F)c3)C2)cc1.Cl. The summed E-state index contributed by atoms with van der Waals surface area (Å²) in [5.74, 6) is 0.104. The molecule has 3 aromatic carbocycles. The summed E-state index contributed by atoms with van der Waals surface area (Å²) in [6.45, 7) is 3.53. The van der Waals surface area contributed by atoms with Gasteiger partial charge in [0.1, 0.15) is 11.5 Å². The lowest BCUT2D eigenvalue weighted by Gasteiger charge is -2.38. The molecule has 1 fully saturated rings. The molecule has 0 spiro atoms. The number of carbonyl (C=O) groups excluding carboxylic acids is 1. The molecule has 1 heterocycles. The van der Waals surface area contributed by atoms with Crippen LogP contribution >= 0.6 is 12.4 Å². The molecule has 3 aromatic rings. The molecule has 4 rings (SSSR count). The molecule has 0 amide bonds. The fourth-order valence-corrected chi connectivity index (χ4v) is 4.64. The van der Waals surface area contributed by atoms with E-state index in [1.807, 2.05) is 12.1 Å². The molecule has 1 saturated heterocycles. The second-order valence-corrected chi connectivity index (χ2v) is 9.23. The molecular formula is C29H31ClF3NO5. The van der Waals surface area contributed by atoms with Crippen molar-refractivity contribution in [1.82, 2.24) is 4.90 Å². The summed E-state index contributed by atoms with van der Waals surface area (Å²) in [7, 11) is 1.30. The summed E-state index contributed by atoms with van der Waals surface area (Å²) in [6, 6.07) is 17.6. The van der Waals surface area contributed by atoms with E-state index in [1.54, 1.807) is 30.3 Å². The van der Waals surface area contributed by atoms with Gasteiger partial charge in [0.05, 0.1) is 25.4 Å². The maximum atomic E-state index is 13.3. The van der Waals surface area contributed by atoms with E-state index in [-0.39, 0.29) is 30.8 Å². The number of aromatic hydroxyl groups is 1. The molecule has 1 aliphatic rings. The highest BCUT2D eigenvalue weighted by atomic mass is 35.5. The van der Waals surface area contributed by atoms with E-state index in [9.17, 15) is 23.1 Å². The van der Waals surface area contributed by atoms with Gasteiger partial charge in [-0.05, 0) is 60.4 Å². The highest BCUT2D eigenvalue weighted by Crippen LogP contribution is 2.40. The van der Waals surface area contributed by atoms with Gasteiger partial charge >= 0.3 is 12.1 Å². The number of carbonyl (C=O) groups is 1. The average Bonchev–Trinajstić information content (AvgIpc) is 2.92. The molecule has 0 aromatic heterocycles. The van der Waals surface area contributed by atoms with Gasteiger partial charge in [0.2, 0.25) is 0 Å². The first-order valence-electron chi connectivity index (χ1n) is 12.3. The number of alkyl halides is 3. The normalized spacial score (nSPS) is 16.7. The Morgan fingerprint density at radius 3 is 2.54 bits per heavy atom. The largest absolute Gasteiger partial charge is 0.508 e. The number of methoxy groups -OCH3 is 1. The third-order valence-corrected chi connectivity index (χ3v) is 6.67. The molecule has 39 heavy (non-hydrogen) atoms. The van der Waals surface area contributed by atoms with Crippen LogP contribution in [0.1, 0.15) is 29.7 Å².